The second kappa shape index (κ2) is 14.8. The third kappa shape index (κ3) is 16.9. The van der Waals surface area contributed by atoms with Gasteiger partial charge < -0.3 is 4.74 Å². The van der Waals surface area contributed by atoms with Gasteiger partial charge in [0, 0.05) is 11.4 Å². The molecule has 0 aromatic rings. The van der Waals surface area contributed by atoms with E-state index in [1.165, 1.54) is 0 Å². The van der Waals surface area contributed by atoms with Gasteiger partial charge in [0.15, 0.2) is 0 Å². The second-order valence-electron chi connectivity index (χ2n) is 5.06. The van der Waals surface area contributed by atoms with E-state index in [9.17, 15) is 4.79 Å². The van der Waals surface area contributed by atoms with Crippen LogP contribution in [0.1, 0.15) is 55.4 Å². The number of nitrogens with one attached hydrogen (secondary N) is 1. The Morgan fingerprint density at radius 2 is 1.64 bits per heavy atom. The van der Waals surface area contributed by atoms with Gasteiger partial charge in [-0.15, -0.1) is 0 Å². The van der Waals surface area contributed by atoms with Gasteiger partial charge in [0.05, 0.1) is 0 Å². The molecule has 0 saturated heterocycles. The van der Waals surface area contributed by atoms with Crippen LogP contribution in [-0.4, -0.2) is 23.7 Å². The van der Waals surface area contributed by atoms with Gasteiger partial charge in [-0.25, -0.2) is 4.79 Å². The topological polar surface area (TPSA) is 38.3 Å². The molecule has 0 aromatic heterocycles. The summed E-state index contributed by atoms with van der Waals surface area (Å²) >= 11 is 1.67. The van der Waals surface area contributed by atoms with Gasteiger partial charge >= 0.3 is 6.09 Å². The highest BCUT2D eigenvalue weighted by molar-refractivity contribution is 7.98. The summed E-state index contributed by atoms with van der Waals surface area (Å²) in [6.07, 6.45) is 3.34. The predicted molar refractivity (Wildman–Crippen MR) is 102 cm³/mol. The molecule has 0 rings (SSSR count). The molecule has 0 radical (unpaired) electrons. The summed E-state index contributed by atoms with van der Waals surface area (Å²) in [5.41, 5.74) is 1.82. The first-order valence-electron chi connectivity index (χ1n) is 7.70. The Bertz CT molecular complexity index is 366. The maximum absolute atomic E-state index is 11.7. The molecule has 0 fully saturated rings. The fraction of sp³-hybridized carbons (Fsp3) is 0.611. The number of rotatable bonds is 5. The molecule has 0 heterocycles. The Kier molecular flexibility index (Phi) is 17.3. The Morgan fingerprint density at radius 3 is 1.95 bits per heavy atom. The number of thioether (sulfide) groups is 1. The Labute approximate surface area is 142 Å². The first-order chi connectivity index (χ1) is 10.2. The molecule has 0 aliphatic heterocycles. The van der Waals surface area contributed by atoms with Crippen LogP contribution in [0.4, 0.5) is 4.79 Å². The minimum atomic E-state index is -0.513. The van der Waals surface area contributed by atoms with E-state index in [0.29, 0.717) is 5.70 Å². The number of alkyl carbamates (subject to hydrolysis) is 1. The summed E-state index contributed by atoms with van der Waals surface area (Å²) in [5, 5.41) is 2.69. The van der Waals surface area contributed by atoms with E-state index in [1.54, 1.807) is 11.8 Å². The fourth-order valence-corrected chi connectivity index (χ4v) is 1.56. The molecule has 0 saturated carbocycles. The first kappa shape index (κ1) is 25.8. The third-order valence-corrected chi connectivity index (χ3v) is 2.43. The van der Waals surface area contributed by atoms with Crippen LogP contribution in [0.2, 0.25) is 0 Å². The second-order valence-corrected chi connectivity index (χ2v) is 5.92. The smallest absolute Gasteiger partial charge is 0.412 e. The first-order valence-corrected chi connectivity index (χ1v) is 9.09. The van der Waals surface area contributed by atoms with Crippen LogP contribution in [0.25, 0.3) is 0 Å². The van der Waals surface area contributed by atoms with Gasteiger partial charge in [0.2, 0.25) is 0 Å². The molecule has 4 heteroatoms. The summed E-state index contributed by atoms with van der Waals surface area (Å²) in [4.78, 5) is 11.7. The monoisotopic (exact) mass is 329 g/mol. The molecular formula is C18H35NO2S. The summed E-state index contributed by atoms with van der Waals surface area (Å²) in [7, 11) is 0. The minimum absolute atomic E-state index is 0.478. The average Bonchev–Trinajstić information content (AvgIpc) is 2.40. The number of hydrogen-bond donors (Lipinski definition) is 1. The van der Waals surface area contributed by atoms with Crippen LogP contribution in [0, 0.1) is 0 Å². The van der Waals surface area contributed by atoms with Crippen molar-refractivity contribution in [1.29, 1.82) is 0 Å². The normalized spacial score (nSPS) is 10.3. The standard InChI is InChI=1S/C14H23NO2S.2C2H6/c1-10(2)12(8-11(3)9-18-7)15-13(16)17-14(4,5)6;2*1-2/h8H,1,3,9H2,2,4-7H3,(H,15,16);2*1-2H3/b12-8+;;. The number of carbonyl (C=O) groups excluding carboxylic acids is 1. The lowest BCUT2D eigenvalue weighted by molar-refractivity contribution is 0.0547. The van der Waals surface area contributed by atoms with Crippen LogP contribution in [0.15, 0.2) is 36.1 Å². The largest absolute Gasteiger partial charge is 0.444 e. The summed E-state index contributed by atoms with van der Waals surface area (Å²) in [5.74, 6) is 0.812. The van der Waals surface area contributed by atoms with E-state index in [2.05, 4.69) is 18.5 Å². The lowest BCUT2D eigenvalue weighted by Crippen LogP contribution is -2.32. The van der Waals surface area contributed by atoms with Gasteiger partial charge in [0.25, 0.3) is 0 Å². The molecule has 0 spiro atoms. The van der Waals surface area contributed by atoms with E-state index >= 15 is 0 Å². The SMILES string of the molecule is C=C(/C=C(/NC(=O)OC(C)(C)C)C(=C)C)CSC.CC.CC. The maximum Gasteiger partial charge on any atom is 0.412 e. The molecule has 0 unspecified atom stereocenters. The number of ether oxygens (including phenoxy) is 1. The quantitative estimate of drug-likeness (QED) is 0.634. The molecule has 1 amide bonds. The van der Waals surface area contributed by atoms with Crippen molar-refractivity contribution in [3.63, 3.8) is 0 Å². The Morgan fingerprint density at radius 1 is 1.18 bits per heavy atom. The van der Waals surface area contributed by atoms with Crippen molar-refractivity contribution in [2.75, 3.05) is 12.0 Å². The summed E-state index contributed by atoms with van der Waals surface area (Å²) in [6.45, 7) is 23.0. The zero-order valence-electron chi connectivity index (χ0n) is 15.9. The minimum Gasteiger partial charge on any atom is -0.444 e. The highest BCUT2D eigenvalue weighted by Gasteiger charge is 2.17. The summed E-state index contributed by atoms with van der Waals surface area (Å²) in [6, 6.07) is 0. The molecule has 0 aromatic carbocycles. The van der Waals surface area contributed by atoms with Crippen LogP contribution in [0.5, 0.6) is 0 Å². The van der Waals surface area contributed by atoms with Gasteiger partial charge in [0.1, 0.15) is 5.60 Å². The van der Waals surface area contributed by atoms with Crippen molar-refractivity contribution in [2.24, 2.45) is 0 Å². The Balaban J connectivity index is -0.000000826. The van der Waals surface area contributed by atoms with Crippen LogP contribution >= 0.6 is 11.8 Å². The van der Waals surface area contributed by atoms with Crippen LogP contribution in [-0.2, 0) is 4.74 Å². The van der Waals surface area contributed by atoms with E-state index < -0.39 is 11.7 Å². The number of amides is 1. The van der Waals surface area contributed by atoms with Gasteiger partial charge in [-0.1, -0.05) is 40.9 Å². The number of carbonyl (C=O) groups is 1. The van der Waals surface area contributed by atoms with Gasteiger partial charge in [-0.3, -0.25) is 5.32 Å². The van der Waals surface area contributed by atoms with Crippen LogP contribution < -0.4 is 5.32 Å². The molecule has 0 atom stereocenters. The Hall–Kier alpha value is -1.16. The van der Waals surface area contributed by atoms with Crippen molar-refractivity contribution < 1.29 is 9.53 Å². The van der Waals surface area contributed by atoms with Crippen molar-refractivity contribution in [1.82, 2.24) is 5.32 Å². The lowest BCUT2D eigenvalue weighted by Gasteiger charge is -2.20. The van der Waals surface area contributed by atoms with Crippen LogP contribution in [0.3, 0.4) is 0 Å². The highest BCUT2D eigenvalue weighted by atomic mass is 32.2. The maximum atomic E-state index is 11.7. The molecule has 0 aliphatic rings. The van der Waals surface area contributed by atoms with Gasteiger partial charge in [-0.2, -0.15) is 11.8 Å². The highest BCUT2D eigenvalue weighted by Crippen LogP contribution is 2.12. The van der Waals surface area contributed by atoms with Crippen molar-refractivity contribution in [3.05, 3.63) is 36.1 Å². The molecule has 22 heavy (non-hydrogen) atoms. The van der Waals surface area contributed by atoms with Crippen molar-refractivity contribution in [2.45, 2.75) is 61.0 Å². The summed E-state index contributed by atoms with van der Waals surface area (Å²) < 4.78 is 5.19. The third-order valence-electron chi connectivity index (χ3n) is 1.77. The van der Waals surface area contributed by atoms with Crippen molar-refractivity contribution in [3.8, 4) is 0 Å². The lowest BCUT2D eigenvalue weighted by atomic mass is 10.2. The molecule has 1 N–H and O–H groups in total. The van der Waals surface area contributed by atoms with E-state index in [1.807, 2.05) is 67.7 Å². The van der Waals surface area contributed by atoms with E-state index in [-0.39, 0.29) is 0 Å². The molecule has 3 nitrogen and oxygen atoms in total. The van der Waals surface area contributed by atoms with Gasteiger partial charge in [-0.05, 0) is 51.2 Å². The zero-order chi connectivity index (χ0) is 18.3. The zero-order valence-corrected chi connectivity index (χ0v) is 16.7. The molecule has 0 bridgehead atoms. The fourth-order valence-electron chi connectivity index (χ4n) is 1.11. The van der Waals surface area contributed by atoms with E-state index in [0.717, 1.165) is 16.9 Å². The van der Waals surface area contributed by atoms with E-state index in [4.69, 9.17) is 4.74 Å². The molecular weight excluding hydrogens is 294 g/mol. The average molecular weight is 330 g/mol. The molecule has 0 aliphatic carbocycles. The molecule has 130 valence electrons. The predicted octanol–water partition coefficient (Wildman–Crippen LogP) is 5.94. The van der Waals surface area contributed by atoms with Crippen molar-refractivity contribution >= 4 is 17.9 Å². The number of hydrogen-bond acceptors (Lipinski definition) is 3. The number of allylic oxidation sites excluding steroid dienone is 2.